The molecule has 2 aromatic heterocycles. The normalized spacial score (nSPS) is 28.3. The number of nitrogens with zero attached hydrogens (tertiary/aromatic N) is 3. The second-order valence-electron chi connectivity index (χ2n) is 9.93. The van der Waals surface area contributed by atoms with Gasteiger partial charge in [0.05, 0.1) is 12.9 Å². The smallest absolute Gasteiger partial charge is 0.280 e. The maximum absolute atomic E-state index is 12.7. The molecule has 2 aliphatic heterocycles. The second kappa shape index (κ2) is 7.97. The molecular weight excluding hydrogens is 450 g/mol. The van der Waals surface area contributed by atoms with Gasteiger partial charge in [0.2, 0.25) is 11.9 Å². The van der Waals surface area contributed by atoms with Crippen LogP contribution in [0.4, 0.5) is 5.95 Å². The lowest BCUT2D eigenvalue weighted by molar-refractivity contribution is -0.224. The number of ether oxygens (including phenoxy) is 3. The molecule has 6 rings (SSSR count). The lowest BCUT2D eigenvalue weighted by Gasteiger charge is -2.38. The fraction of sp³-hybridized carbons (Fsp3) is 0.520. The SMILES string of the molecule is CC[C@@]12O[C@@H](n3cnc4c(=O)[nH]c(NC(=O)C(C)C)nc43)[C@@H](OC13CC3)C2OCc1ccccc1. The minimum Gasteiger partial charge on any atom is -0.368 e. The number of anilines is 1. The molecule has 10 nitrogen and oxygen atoms in total. The number of hydrogen-bond donors (Lipinski definition) is 2. The highest BCUT2D eigenvalue weighted by Crippen LogP contribution is 2.66. The Kier molecular flexibility index (Phi) is 5.10. The molecule has 1 spiro atoms. The predicted molar refractivity (Wildman–Crippen MR) is 127 cm³/mol. The highest BCUT2D eigenvalue weighted by molar-refractivity contribution is 5.91. The topological polar surface area (TPSA) is 120 Å². The summed E-state index contributed by atoms with van der Waals surface area (Å²) in [5, 5.41) is 2.66. The molecule has 3 fully saturated rings. The maximum Gasteiger partial charge on any atom is 0.280 e. The summed E-state index contributed by atoms with van der Waals surface area (Å²) in [6.07, 6.45) is 2.93. The van der Waals surface area contributed by atoms with Crippen molar-refractivity contribution in [1.29, 1.82) is 0 Å². The van der Waals surface area contributed by atoms with Gasteiger partial charge in [0.1, 0.15) is 23.4 Å². The van der Waals surface area contributed by atoms with E-state index >= 15 is 0 Å². The Hall–Kier alpha value is -3.08. The van der Waals surface area contributed by atoms with E-state index in [9.17, 15) is 9.59 Å². The molecule has 1 unspecified atom stereocenters. The molecular formula is C25H29N5O5. The van der Waals surface area contributed by atoms with Gasteiger partial charge in [0.25, 0.3) is 5.56 Å². The van der Waals surface area contributed by atoms with Crippen LogP contribution < -0.4 is 10.9 Å². The first kappa shape index (κ1) is 22.4. The van der Waals surface area contributed by atoms with E-state index in [4.69, 9.17) is 14.2 Å². The Balaban J connectivity index is 1.35. The van der Waals surface area contributed by atoms with Gasteiger partial charge >= 0.3 is 0 Å². The summed E-state index contributed by atoms with van der Waals surface area (Å²) < 4.78 is 21.6. The number of rotatable bonds is 7. The lowest BCUT2D eigenvalue weighted by Crippen LogP contribution is -2.49. The first-order valence-electron chi connectivity index (χ1n) is 12.2. The molecule has 1 aromatic carbocycles. The van der Waals surface area contributed by atoms with Crippen molar-refractivity contribution in [2.45, 2.75) is 76.3 Å². The fourth-order valence-electron chi connectivity index (χ4n) is 5.51. The maximum atomic E-state index is 12.7. The zero-order valence-corrected chi connectivity index (χ0v) is 20.0. The predicted octanol–water partition coefficient (Wildman–Crippen LogP) is 2.91. The van der Waals surface area contributed by atoms with Crippen molar-refractivity contribution in [1.82, 2.24) is 19.5 Å². The Labute approximate surface area is 202 Å². The largest absolute Gasteiger partial charge is 0.368 e. The third-order valence-corrected chi connectivity index (χ3v) is 7.48. The van der Waals surface area contributed by atoms with Gasteiger partial charge < -0.3 is 14.2 Å². The minimum absolute atomic E-state index is 0.0766. The van der Waals surface area contributed by atoms with Crippen LogP contribution in [0.15, 0.2) is 41.5 Å². The zero-order valence-electron chi connectivity index (χ0n) is 20.0. The number of amides is 1. The van der Waals surface area contributed by atoms with E-state index in [1.165, 1.54) is 0 Å². The average Bonchev–Trinajstić information content (AvgIpc) is 3.27. The molecule has 4 heterocycles. The average molecular weight is 480 g/mol. The quantitative estimate of drug-likeness (QED) is 0.535. The van der Waals surface area contributed by atoms with Crippen molar-refractivity contribution in [2.75, 3.05) is 5.32 Å². The molecule has 3 aliphatic rings. The molecule has 4 atom stereocenters. The van der Waals surface area contributed by atoms with E-state index in [2.05, 4.69) is 27.2 Å². The first-order chi connectivity index (χ1) is 16.9. The van der Waals surface area contributed by atoms with Gasteiger partial charge in [-0.05, 0) is 24.8 Å². The van der Waals surface area contributed by atoms with Crippen molar-refractivity contribution in [2.24, 2.45) is 5.92 Å². The molecule has 35 heavy (non-hydrogen) atoms. The number of carbonyl (C=O) groups excluding carboxylic acids is 1. The van der Waals surface area contributed by atoms with Crippen LogP contribution in [0.2, 0.25) is 0 Å². The fourth-order valence-corrected chi connectivity index (χ4v) is 5.51. The molecule has 2 bridgehead atoms. The van der Waals surface area contributed by atoms with Gasteiger partial charge in [0, 0.05) is 5.92 Å². The van der Waals surface area contributed by atoms with E-state index in [1.54, 1.807) is 24.7 Å². The van der Waals surface area contributed by atoms with Crippen molar-refractivity contribution in [3.8, 4) is 0 Å². The highest BCUT2D eigenvalue weighted by atomic mass is 16.7. The number of nitrogens with one attached hydrogen (secondary N) is 2. The number of aromatic nitrogens is 4. The third kappa shape index (κ3) is 3.35. The van der Waals surface area contributed by atoms with Crippen molar-refractivity contribution in [3.05, 3.63) is 52.6 Å². The number of carbonyl (C=O) groups is 1. The summed E-state index contributed by atoms with van der Waals surface area (Å²) in [6, 6.07) is 10.0. The molecule has 1 amide bonds. The van der Waals surface area contributed by atoms with Crippen molar-refractivity contribution >= 4 is 23.0 Å². The first-order valence-corrected chi connectivity index (χ1v) is 12.2. The van der Waals surface area contributed by atoms with Gasteiger partial charge in [-0.1, -0.05) is 51.1 Å². The number of aromatic amines is 1. The van der Waals surface area contributed by atoms with Gasteiger partial charge in [-0.3, -0.25) is 24.5 Å². The molecule has 3 aromatic rings. The molecule has 2 saturated heterocycles. The number of hydrogen-bond acceptors (Lipinski definition) is 7. The summed E-state index contributed by atoms with van der Waals surface area (Å²) >= 11 is 0. The van der Waals surface area contributed by atoms with E-state index in [-0.39, 0.29) is 41.1 Å². The summed E-state index contributed by atoms with van der Waals surface area (Å²) in [7, 11) is 0. The lowest BCUT2D eigenvalue weighted by atomic mass is 9.87. The molecule has 184 valence electrons. The van der Waals surface area contributed by atoms with Crippen LogP contribution in [0, 0.1) is 5.92 Å². The highest BCUT2D eigenvalue weighted by Gasteiger charge is 2.78. The number of H-pyrrole nitrogens is 1. The Morgan fingerprint density at radius 1 is 1.29 bits per heavy atom. The van der Waals surface area contributed by atoms with Crippen LogP contribution in [0.3, 0.4) is 0 Å². The molecule has 0 radical (unpaired) electrons. The van der Waals surface area contributed by atoms with Crippen LogP contribution >= 0.6 is 0 Å². The monoisotopic (exact) mass is 479 g/mol. The second-order valence-corrected chi connectivity index (χ2v) is 9.93. The van der Waals surface area contributed by atoms with E-state index < -0.39 is 17.4 Å². The van der Waals surface area contributed by atoms with Crippen molar-refractivity contribution in [3.63, 3.8) is 0 Å². The van der Waals surface area contributed by atoms with Gasteiger partial charge in [-0.15, -0.1) is 0 Å². The Morgan fingerprint density at radius 2 is 2.06 bits per heavy atom. The molecule has 1 saturated carbocycles. The summed E-state index contributed by atoms with van der Waals surface area (Å²) in [6.45, 7) is 6.09. The molecule has 2 N–H and O–H groups in total. The van der Waals surface area contributed by atoms with Gasteiger partial charge in [0.15, 0.2) is 17.4 Å². The van der Waals surface area contributed by atoms with E-state index in [0.29, 0.717) is 12.3 Å². The molecule has 10 heteroatoms. The van der Waals surface area contributed by atoms with Gasteiger partial charge in [-0.2, -0.15) is 4.98 Å². The Morgan fingerprint density at radius 3 is 2.74 bits per heavy atom. The van der Waals surface area contributed by atoms with Crippen LogP contribution in [-0.2, 0) is 25.6 Å². The number of benzene rings is 1. The summed E-state index contributed by atoms with van der Waals surface area (Å²) in [4.78, 5) is 36.2. The standard InChI is InChI=1S/C25H29N5O5/c1-4-25-18(33-12-15-8-6-5-7-9-15)17(34-24(25)10-11-24)22(35-25)30-13-26-16-19(30)27-23(29-21(16)32)28-20(31)14(2)3/h5-9,13-14,17-18,22H,4,10-12H2,1-3H3,(H2,27,28,29,31,32)/t17-,18?,22+,25-/m0/s1. The van der Waals surface area contributed by atoms with E-state index in [1.807, 2.05) is 30.3 Å². The van der Waals surface area contributed by atoms with Crippen LogP contribution in [0.25, 0.3) is 11.2 Å². The summed E-state index contributed by atoms with van der Waals surface area (Å²) in [5.74, 6) is -0.425. The summed E-state index contributed by atoms with van der Waals surface area (Å²) in [5.41, 5.74) is 0.223. The minimum atomic E-state index is -0.594. The van der Waals surface area contributed by atoms with Crippen LogP contribution in [-0.4, -0.2) is 48.8 Å². The Bertz CT molecular complexity index is 1330. The van der Waals surface area contributed by atoms with Crippen LogP contribution in [0.1, 0.15) is 51.8 Å². The molecule has 1 aliphatic carbocycles. The van der Waals surface area contributed by atoms with Crippen molar-refractivity contribution < 1.29 is 19.0 Å². The zero-order chi connectivity index (χ0) is 24.4. The van der Waals surface area contributed by atoms with Crippen LogP contribution in [0.5, 0.6) is 0 Å². The van der Waals surface area contributed by atoms with Gasteiger partial charge in [-0.25, -0.2) is 4.98 Å². The number of imidazole rings is 1. The van der Waals surface area contributed by atoms with E-state index in [0.717, 1.165) is 24.8 Å². The third-order valence-electron chi connectivity index (χ3n) is 7.48. The number of fused-ring (bicyclic) bond motifs is 4.